The van der Waals surface area contributed by atoms with E-state index in [-0.39, 0.29) is 24.2 Å². The molecule has 0 aliphatic carbocycles. The van der Waals surface area contributed by atoms with Gasteiger partial charge in [-0.15, -0.1) is 12.4 Å². The SMILES string of the molecule is CNC(=O)c1ccc(CNC(=O)CC2CCCN2)cc1.Cl. The Bertz CT molecular complexity index is 470. The van der Waals surface area contributed by atoms with E-state index in [1.807, 2.05) is 12.1 Å². The second-order valence-corrected chi connectivity index (χ2v) is 5.05. The van der Waals surface area contributed by atoms with E-state index in [9.17, 15) is 9.59 Å². The molecule has 1 saturated heterocycles. The highest BCUT2D eigenvalue weighted by Gasteiger charge is 2.17. The lowest BCUT2D eigenvalue weighted by atomic mass is 10.1. The molecule has 1 aromatic rings. The number of benzene rings is 1. The Morgan fingerprint density at radius 3 is 2.57 bits per heavy atom. The number of amides is 2. The van der Waals surface area contributed by atoms with E-state index in [2.05, 4.69) is 16.0 Å². The van der Waals surface area contributed by atoms with Crippen LogP contribution in [0.25, 0.3) is 0 Å². The molecule has 1 unspecified atom stereocenters. The fourth-order valence-corrected chi connectivity index (χ4v) is 2.35. The zero-order chi connectivity index (χ0) is 14.4. The number of hydrogen-bond donors (Lipinski definition) is 3. The van der Waals surface area contributed by atoms with Gasteiger partial charge in [0.05, 0.1) is 0 Å². The molecule has 2 rings (SSSR count). The van der Waals surface area contributed by atoms with E-state index >= 15 is 0 Å². The number of carbonyl (C=O) groups excluding carboxylic acids is 2. The van der Waals surface area contributed by atoms with Gasteiger partial charge in [0.15, 0.2) is 0 Å². The highest BCUT2D eigenvalue weighted by atomic mass is 35.5. The average Bonchev–Trinajstić information content (AvgIpc) is 2.97. The van der Waals surface area contributed by atoms with Crippen molar-refractivity contribution in [3.8, 4) is 0 Å². The van der Waals surface area contributed by atoms with Gasteiger partial charge in [-0.25, -0.2) is 0 Å². The number of nitrogens with one attached hydrogen (secondary N) is 3. The van der Waals surface area contributed by atoms with Crippen molar-refractivity contribution in [1.82, 2.24) is 16.0 Å². The van der Waals surface area contributed by atoms with Gasteiger partial charge in [0, 0.05) is 31.6 Å². The third-order valence-electron chi connectivity index (χ3n) is 3.53. The second-order valence-electron chi connectivity index (χ2n) is 5.05. The van der Waals surface area contributed by atoms with Crippen LogP contribution in [-0.4, -0.2) is 31.4 Å². The van der Waals surface area contributed by atoms with Crippen LogP contribution in [0.2, 0.25) is 0 Å². The Balaban J connectivity index is 0.00000220. The van der Waals surface area contributed by atoms with Crippen LogP contribution in [0, 0.1) is 0 Å². The summed E-state index contributed by atoms with van der Waals surface area (Å²) >= 11 is 0. The Morgan fingerprint density at radius 2 is 2.00 bits per heavy atom. The zero-order valence-electron chi connectivity index (χ0n) is 12.1. The fraction of sp³-hybridized carbons (Fsp3) is 0.467. The number of carbonyl (C=O) groups is 2. The van der Waals surface area contributed by atoms with Crippen molar-refractivity contribution in [1.29, 1.82) is 0 Å². The van der Waals surface area contributed by atoms with Crippen LogP contribution >= 0.6 is 12.4 Å². The quantitative estimate of drug-likeness (QED) is 0.766. The summed E-state index contributed by atoms with van der Waals surface area (Å²) in [5.41, 5.74) is 1.61. The summed E-state index contributed by atoms with van der Waals surface area (Å²) < 4.78 is 0. The van der Waals surface area contributed by atoms with Gasteiger partial charge < -0.3 is 16.0 Å². The third kappa shape index (κ3) is 5.36. The van der Waals surface area contributed by atoms with Gasteiger partial charge in [-0.2, -0.15) is 0 Å². The average molecular weight is 312 g/mol. The normalized spacial score (nSPS) is 16.9. The Kier molecular flexibility index (Phi) is 7.19. The molecule has 0 radical (unpaired) electrons. The molecule has 3 N–H and O–H groups in total. The van der Waals surface area contributed by atoms with E-state index in [1.54, 1.807) is 19.2 Å². The summed E-state index contributed by atoms with van der Waals surface area (Å²) in [6.07, 6.45) is 2.77. The van der Waals surface area contributed by atoms with Crippen LogP contribution in [0.15, 0.2) is 24.3 Å². The van der Waals surface area contributed by atoms with E-state index in [0.29, 0.717) is 24.6 Å². The van der Waals surface area contributed by atoms with Crippen molar-refractivity contribution in [2.75, 3.05) is 13.6 Å². The van der Waals surface area contributed by atoms with Crippen LogP contribution in [0.3, 0.4) is 0 Å². The minimum atomic E-state index is -0.104. The summed E-state index contributed by atoms with van der Waals surface area (Å²) in [6.45, 7) is 1.51. The predicted octanol–water partition coefficient (Wildman–Crippen LogP) is 1.23. The Hall–Kier alpha value is -1.59. The smallest absolute Gasteiger partial charge is 0.251 e. The summed E-state index contributed by atoms with van der Waals surface area (Å²) in [5.74, 6) is -0.0346. The van der Waals surface area contributed by atoms with Crippen molar-refractivity contribution in [2.24, 2.45) is 0 Å². The van der Waals surface area contributed by atoms with Crippen molar-refractivity contribution in [3.63, 3.8) is 0 Å². The molecule has 0 aromatic heterocycles. The standard InChI is InChI=1S/C15H21N3O2.ClH/c1-16-15(20)12-6-4-11(5-7-12)10-18-14(19)9-13-3-2-8-17-13;/h4-7,13,17H,2-3,8-10H2,1H3,(H,16,20)(H,18,19);1H. The monoisotopic (exact) mass is 311 g/mol. The molecule has 0 saturated carbocycles. The molecule has 0 spiro atoms. The van der Waals surface area contributed by atoms with Gasteiger partial charge in [-0.1, -0.05) is 12.1 Å². The number of halogens is 1. The first-order valence-corrected chi connectivity index (χ1v) is 7.00. The molecule has 0 bridgehead atoms. The first-order chi connectivity index (χ1) is 9.69. The lowest BCUT2D eigenvalue weighted by molar-refractivity contribution is -0.121. The van der Waals surface area contributed by atoms with Gasteiger partial charge in [0.2, 0.25) is 5.91 Å². The summed E-state index contributed by atoms with van der Waals surface area (Å²) in [6, 6.07) is 7.57. The zero-order valence-corrected chi connectivity index (χ0v) is 13.0. The van der Waals surface area contributed by atoms with Crippen molar-refractivity contribution < 1.29 is 9.59 Å². The van der Waals surface area contributed by atoms with Gasteiger partial charge in [0.25, 0.3) is 5.91 Å². The summed E-state index contributed by atoms with van der Waals surface area (Å²) in [7, 11) is 1.60. The highest BCUT2D eigenvalue weighted by molar-refractivity contribution is 5.93. The molecular weight excluding hydrogens is 290 g/mol. The lowest BCUT2D eigenvalue weighted by Crippen LogP contribution is -2.31. The first kappa shape index (κ1) is 17.5. The molecule has 116 valence electrons. The minimum Gasteiger partial charge on any atom is -0.355 e. The van der Waals surface area contributed by atoms with Crippen LogP contribution in [0.4, 0.5) is 0 Å². The topological polar surface area (TPSA) is 70.2 Å². The van der Waals surface area contributed by atoms with Crippen LogP contribution in [0.1, 0.15) is 35.2 Å². The van der Waals surface area contributed by atoms with Crippen molar-refractivity contribution >= 4 is 24.2 Å². The molecule has 1 aromatic carbocycles. The molecule has 2 amide bonds. The van der Waals surface area contributed by atoms with E-state index < -0.39 is 0 Å². The molecule has 21 heavy (non-hydrogen) atoms. The highest BCUT2D eigenvalue weighted by Crippen LogP contribution is 2.09. The van der Waals surface area contributed by atoms with E-state index in [1.165, 1.54) is 0 Å². The maximum atomic E-state index is 11.8. The minimum absolute atomic E-state index is 0. The molecule has 1 aliphatic heterocycles. The van der Waals surface area contributed by atoms with Crippen LogP contribution in [-0.2, 0) is 11.3 Å². The van der Waals surface area contributed by atoms with Crippen LogP contribution < -0.4 is 16.0 Å². The largest absolute Gasteiger partial charge is 0.355 e. The van der Waals surface area contributed by atoms with Gasteiger partial charge in [-0.05, 0) is 37.1 Å². The van der Waals surface area contributed by atoms with Gasteiger partial charge in [0.1, 0.15) is 0 Å². The first-order valence-electron chi connectivity index (χ1n) is 7.00. The molecule has 1 aliphatic rings. The number of hydrogen-bond acceptors (Lipinski definition) is 3. The van der Waals surface area contributed by atoms with Crippen molar-refractivity contribution in [2.45, 2.75) is 31.8 Å². The molecule has 1 atom stereocenters. The fourth-order valence-electron chi connectivity index (χ4n) is 2.35. The predicted molar refractivity (Wildman–Crippen MR) is 84.6 cm³/mol. The second kappa shape index (κ2) is 8.64. The van der Waals surface area contributed by atoms with Gasteiger partial charge in [-0.3, -0.25) is 9.59 Å². The van der Waals surface area contributed by atoms with E-state index in [4.69, 9.17) is 0 Å². The van der Waals surface area contributed by atoms with E-state index in [0.717, 1.165) is 24.9 Å². The maximum absolute atomic E-state index is 11.8. The van der Waals surface area contributed by atoms with Gasteiger partial charge >= 0.3 is 0 Å². The summed E-state index contributed by atoms with van der Waals surface area (Å²) in [5, 5.41) is 8.79. The van der Waals surface area contributed by atoms with Crippen LogP contribution in [0.5, 0.6) is 0 Å². The molecule has 5 nitrogen and oxygen atoms in total. The molecule has 6 heteroatoms. The molecule has 1 fully saturated rings. The summed E-state index contributed by atoms with van der Waals surface area (Å²) in [4.78, 5) is 23.2. The Morgan fingerprint density at radius 1 is 1.29 bits per heavy atom. The molecule has 1 heterocycles. The lowest BCUT2D eigenvalue weighted by Gasteiger charge is -2.10. The van der Waals surface area contributed by atoms with Crippen molar-refractivity contribution in [3.05, 3.63) is 35.4 Å². The molecular formula is C15H22ClN3O2. The Labute approximate surface area is 131 Å². The third-order valence-corrected chi connectivity index (χ3v) is 3.53. The maximum Gasteiger partial charge on any atom is 0.251 e. The number of rotatable bonds is 5.